The molecule has 24 heavy (non-hydrogen) atoms. The third kappa shape index (κ3) is 5.54. The number of urea groups is 1. The van der Waals surface area contributed by atoms with Crippen molar-refractivity contribution in [2.75, 3.05) is 44.6 Å². The molecule has 4 amide bonds. The fraction of sp³-hybridized carbons (Fsp3) is 0.438. The largest absolute Gasteiger partial charge is 0.450 e. The molecule has 1 aromatic rings. The number of hydrogen-bond donors (Lipinski definition) is 2. The fourth-order valence-electron chi connectivity index (χ4n) is 2.36. The highest BCUT2D eigenvalue weighted by molar-refractivity contribution is 6.01. The molecule has 1 aromatic carbocycles. The van der Waals surface area contributed by atoms with Gasteiger partial charge in [0.05, 0.1) is 13.2 Å². The van der Waals surface area contributed by atoms with Crippen LogP contribution < -0.4 is 10.6 Å². The molecular weight excluding hydrogens is 312 g/mol. The first-order chi connectivity index (χ1) is 11.6. The lowest BCUT2D eigenvalue weighted by atomic mass is 10.3. The van der Waals surface area contributed by atoms with Gasteiger partial charge in [-0.3, -0.25) is 15.0 Å². The smallest absolute Gasteiger partial charge is 0.409 e. The predicted octanol–water partition coefficient (Wildman–Crippen LogP) is 1.11. The number of ether oxygens (including phenoxy) is 1. The standard InChI is InChI=1S/C16H22N4O4/c1-2-24-16(23)20-10-8-19(9-11-20)12-14(21)18-15(22)17-13-6-4-3-5-7-13/h3-7H,2,8-12H2,1H3,(H2,17,18,21,22). The Balaban J connectivity index is 1.70. The molecule has 0 saturated carbocycles. The van der Waals surface area contributed by atoms with Gasteiger partial charge in [0, 0.05) is 31.9 Å². The molecule has 8 nitrogen and oxygen atoms in total. The van der Waals surface area contributed by atoms with E-state index < -0.39 is 6.03 Å². The van der Waals surface area contributed by atoms with E-state index in [-0.39, 0.29) is 18.5 Å². The SMILES string of the molecule is CCOC(=O)N1CCN(CC(=O)NC(=O)Nc2ccccc2)CC1. The second-order valence-electron chi connectivity index (χ2n) is 5.33. The highest BCUT2D eigenvalue weighted by Gasteiger charge is 2.23. The van der Waals surface area contributed by atoms with Crippen LogP contribution in [0, 0.1) is 0 Å². The maximum Gasteiger partial charge on any atom is 0.409 e. The van der Waals surface area contributed by atoms with Crippen molar-refractivity contribution in [1.82, 2.24) is 15.1 Å². The molecule has 1 saturated heterocycles. The Bertz CT molecular complexity index is 571. The molecule has 1 fully saturated rings. The minimum Gasteiger partial charge on any atom is -0.450 e. The van der Waals surface area contributed by atoms with Gasteiger partial charge in [0.1, 0.15) is 0 Å². The van der Waals surface area contributed by atoms with Crippen LogP contribution in [0.15, 0.2) is 30.3 Å². The molecule has 0 unspecified atom stereocenters. The molecule has 0 radical (unpaired) electrons. The molecule has 0 spiro atoms. The van der Waals surface area contributed by atoms with Crippen LogP contribution in [0.4, 0.5) is 15.3 Å². The third-order valence-corrected chi connectivity index (χ3v) is 3.55. The molecule has 8 heteroatoms. The summed E-state index contributed by atoms with van der Waals surface area (Å²) in [6.07, 6.45) is -0.330. The minimum absolute atomic E-state index is 0.110. The molecule has 0 atom stereocenters. The Kier molecular flexibility index (Phi) is 6.56. The summed E-state index contributed by atoms with van der Waals surface area (Å²) in [5.74, 6) is -0.381. The van der Waals surface area contributed by atoms with E-state index in [1.165, 1.54) is 0 Å². The number of carbonyl (C=O) groups is 3. The van der Waals surface area contributed by atoms with E-state index in [4.69, 9.17) is 4.74 Å². The molecule has 0 bridgehead atoms. The lowest BCUT2D eigenvalue weighted by Gasteiger charge is -2.33. The quantitative estimate of drug-likeness (QED) is 0.861. The van der Waals surface area contributed by atoms with Crippen LogP contribution in [0.2, 0.25) is 0 Å². The lowest BCUT2D eigenvalue weighted by Crippen LogP contribution is -2.51. The van der Waals surface area contributed by atoms with Gasteiger partial charge in [-0.2, -0.15) is 0 Å². The molecule has 130 valence electrons. The van der Waals surface area contributed by atoms with E-state index in [0.717, 1.165) is 0 Å². The maximum absolute atomic E-state index is 11.9. The highest BCUT2D eigenvalue weighted by Crippen LogP contribution is 2.05. The van der Waals surface area contributed by atoms with E-state index in [2.05, 4.69) is 10.6 Å². The van der Waals surface area contributed by atoms with E-state index in [1.807, 2.05) is 11.0 Å². The van der Waals surface area contributed by atoms with Crippen molar-refractivity contribution in [3.8, 4) is 0 Å². The molecule has 0 aromatic heterocycles. The zero-order valence-electron chi connectivity index (χ0n) is 13.7. The van der Waals surface area contributed by atoms with Gasteiger partial charge >= 0.3 is 12.1 Å². The Hall–Kier alpha value is -2.61. The Morgan fingerprint density at radius 3 is 2.38 bits per heavy atom. The Labute approximate surface area is 140 Å². The molecule has 0 aliphatic carbocycles. The minimum atomic E-state index is -0.559. The summed E-state index contributed by atoms with van der Waals surface area (Å²) in [6.45, 7) is 4.35. The summed E-state index contributed by atoms with van der Waals surface area (Å²) in [6, 6.07) is 8.33. The second-order valence-corrected chi connectivity index (χ2v) is 5.33. The number of nitrogens with zero attached hydrogens (tertiary/aromatic N) is 2. The molecule has 1 aliphatic heterocycles. The average molecular weight is 334 g/mol. The van der Waals surface area contributed by atoms with Crippen molar-refractivity contribution in [3.63, 3.8) is 0 Å². The van der Waals surface area contributed by atoms with Crippen molar-refractivity contribution in [3.05, 3.63) is 30.3 Å². The van der Waals surface area contributed by atoms with Crippen LogP contribution in [-0.2, 0) is 9.53 Å². The monoisotopic (exact) mass is 334 g/mol. The summed E-state index contributed by atoms with van der Waals surface area (Å²) in [5.41, 5.74) is 0.617. The first-order valence-electron chi connectivity index (χ1n) is 7.88. The van der Waals surface area contributed by atoms with Crippen LogP contribution in [-0.4, -0.2) is 67.2 Å². The van der Waals surface area contributed by atoms with E-state index in [0.29, 0.717) is 38.5 Å². The first-order valence-corrected chi connectivity index (χ1v) is 7.88. The second kappa shape index (κ2) is 8.88. The van der Waals surface area contributed by atoms with Crippen LogP contribution >= 0.6 is 0 Å². The summed E-state index contributed by atoms with van der Waals surface area (Å²) >= 11 is 0. The topological polar surface area (TPSA) is 91.0 Å². The molecular formula is C16H22N4O4. The Morgan fingerprint density at radius 2 is 1.75 bits per heavy atom. The number of benzene rings is 1. The fourth-order valence-corrected chi connectivity index (χ4v) is 2.36. The first kappa shape index (κ1) is 17.7. The van der Waals surface area contributed by atoms with Crippen molar-refractivity contribution in [2.24, 2.45) is 0 Å². The van der Waals surface area contributed by atoms with Gasteiger partial charge in [0.2, 0.25) is 5.91 Å². The lowest BCUT2D eigenvalue weighted by molar-refractivity contribution is -0.121. The summed E-state index contributed by atoms with van der Waals surface area (Å²) in [4.78, 5) is 38.8. The zero-order chi connectivity index (χ0) is 17.4. The molecule has 2 rings (SSSR count). The number of carbonyl (C=O) groups excluding carboxylic acids is 3. The Morgan fingerprint density at radius 1 is 1.08 bits per heavy atom. The van der Waals surface area contributed by atoms with Crippen molar-refractivity contribution >= 4 is 23.7 Å². The number of para-hydroxylation sites is 1. The normalized spacial score (nSPS) is 14.8. The van der Waals surface area contributed by atoms with Gasteiger partial charge in [0.25, 0.3) is 0 Å². The van der Waals surface area contributed by atoms with Crippen molar-refractivity contribution in [1.29, 1.82) is 0 Å². The number of imide groups is 1. The van der Waals surface area contributed by atoms with Gasteiger partial charge in [-0.05, 0) is 19.1 Å². The number of nitrogens with one attached hydrogen (secondary N) is 2. The number of anilines is 1. The average Bonchev–Trinajstić information content (AvgIpc) is 2.56. The van der Waals surface area contributed by atoms with E-state index in [1.54, 1.807) is 36.1 Å². The maximum atomic E-state index is 11.9. The molecule has 2 N–H and O–H groups in total. The molecule has 1 aliphatic rings. The number of rotatable bonds is 4. The number of piperazine rings is 1. The van der Waals surface area contributed by atoms with Gasteiger partial charge in [-0.25, -0.2) is 9.59 Å². The summed E-state index contributed by atoms with van der Waals surface area (Å²) < 4.78 is 4.94. The van der Waals surface area contributed by atoms with Gasteiger partial charge in [-0.15, -0.1) is 0 Å². The van der Waals surface area contributed by atoms with Gasteiger partial charge in [-0.1, -0.05) is 18.2 Å². The van der Waals surface area contributed by atoms with Crippen molar-refractivity contribution < 1.29 is 19.1 Å². The number of amides is 4. The zero-order valence-corrected chi connectivity index (χ0v) is 13.7. The third-order valence-electron chi connectivity index (χ3n) is 3.55. The van der Waals surface area contributed by atoms with Gasteiger partial charge < -0.3 is 15.0 Å². The van der Waals surface area contributed by atoms with Crippen molar-refractivity contribution in [2.45, 2.75) is 6.92 Å². The van der Waals surface area contributed by atoms with Crippen LogP contribution in [0.3, 0.4) is 0 Å². The number of hydrogen-bond acceptors (Lipinski definition) is 5. The van der Waals surface area contributed by atoms with Gasteiger partial charge in [0.15, 0.2) is 0 Å². The van der Waals surface area contributed by atoms with Crippen LogP contribution in [0.1, 0.15) is 6.92 Å². The summed E-state index contributed by atoms with van der Waals surface area (Å²) in [7, 11) is 0. The highest BCUT2D eigenvalue weighted by atomic mass is 16.6. The van der Waals surface area contributed by atoms with E-state index in [9.17, 15) is 14.4 Å². The predicted molar refractivity (Wildman–Crippen MR) is 88.6 cm³/mol. The van der Waals surface area contributed by atoms with Crippen LogP contribution in [0.5, 0.6) is 0 Å². The summed E-state index contributed by atoms with van der Waals surface area (Å²) in [5, 5.41) is 4.88. The van der Waals surface area contributed by atoms with Crippen LogP contribution in [0.25, 0.3) is 0 Å². The molecule has 1 heterocycles. The van der Waals surface area contributed by atoms with E-state index >= 15 is 0 Å².